The molecule has 0 aliphatic heterocycles. The Balaban J connectivity index is 1.59. The van der Waals surface area contributed by atoms with E-state index in [-0.39, 0.29) is 6.03 Å². The van der Waals surface area contributed by atoms with Crippen LogP contribution in [-0.4, -0.2) is 28.5 Å². The average Bonchev–Trinajstić information content (AvgIpc) is 3.16. The van der Waals surface area contributed by atoms with Crippen LogP contribution < -0.4 is 5.32 Å². The van der Waals surface area contributed by atoms with E-state index in [1.165, 1.54) is 18.4 Å². The Kier molecular flexibility index (Phi) is 5.83. The molecule has 0 saturated heterocycles. The average molecular weight is 323 g/mol. The van der Waals surface area contributed by atoms with E-state index in [4.69, 9.17) is 0 Å². The Morgan fingerprint density at radius 3 is 2.54 bits per heavy atom. The summed E-state index contributed by atoms with van der Waals surface area (Å²) < 4.78 is 0. The second-order valence-corrected chi connectivity index (χ2v) is 6.39. The number of pyridine rings is 1. The van der Waals surface area contributed by atoms with Gasteiger partial charge < -0.3 is 10.2 Å². The molecule has 4 nitrogen and oxygen atoms in total. The minimum absolute atomic E-state index is 0.0432. The predicted molar refractivity (Wildman–Crippen MR) is 95.6 cm³/mol. The molecule has 1 aliphatic rings. The molecule has 1 N–H and O–H groups in total. The van der Waals surface area contributed by atoms with E-state index in [0.717, 1.165) is 31.4 Å². The van der Waals surface area contributed by atoms with Crippen molar-refractivity contribution in [1.29, 1.82) is 0 Å². The van der Waals surface area contributed by atoms with Gasteiger partial charge in [0.15, 0.2) is 0 Å². The summed E-state index contributed by atoms with van der Waals surface area (Å²) in [5, 5.41) is 3.06. The number of aromatic nitrogens is 1. The molecule has 126 valence electrons. The molecule has 1 aromatic carbocycles. The fourth-order valence-corrected chi connectivity index (χ4v) is 3.34. The largest absolute Gasteiger partial charge is 0.334 e. The van der Waals surface area contributed by atoms with Gasteiger partial charge in [-0.25, -0.2) is 4.79 Å². The highest BCUT2D eigenvalue weighted by atomic mass is 16.2. The second-order valence-electron chi connectivity index (χ2n) is 6.39. The number of hydrogen-bond acceptors (Lipinski definition) is 2. The molecule has 0 radical (unpaired) electrons. The number of rotatable bonds is 6. The van der Waals surface area contributed by atoms with Crippen LogP contribution in [0.4, 0.5) is 4.79 Å². The summed E-state index contributed by atoms with van der Waals surface area (Å²) >= 11 is 0. The van der Waals surface area contributed by atoms with E-state index < -0.39 is 0 Å². The summed E-state index contributed by atoms with van der Waals surface area (Å²) in [6.45, 7) is 1.30. The van der Waals surface area contributed by atoms with E-state index in [0.29, 0.717) is 12.6 Å². The first-order chi connectivity index (χ1) is 11.8. The van der Waals surface area contributed by atoms with Crippen molar-refractivity contribution in [2.45, 2.75) is 44.7 Å². The number of hydrogen-bond donors (Lipinski definition) is 1. The van der Waals surface area contributed by atoms with Gasteiger partial charge in [-0.15, -0.1) is 0 Å². The highest BCUT2D eigenvalue weighted by Gasteiger charge is 2.26. The number of urea groups is 1. The van der Waals surface area contributed by atoms with Crippen LogP contribution >= 0.6 is 0 Å². The van der Waals surface area contributed by atoms with E-state index in [1.54, 1.807) is 12.4 Å². The van der Waals surface area contributed by atoms with Crippen LogP contribution in [0.1, 0.15) is 36.8 Å². The summed E-state index contributed by atoms with van der Waals surface area (Å²) in [4.78, 5) is 18.9. The lowest BCUT2D eigenvalue weighted by Crippen LogP contribution is -2.46. The summed E-state index contributed by atoms with van der Waals surface area (Å²) in [5.74, 6) is 0. The number of nitrogens with zero attached hydrogens (tertiary/aromatic N) is 2. The maximum absolute atomic E-state index is 12.7. The van der Waals surface area contributed by atoms with Crippen molar-refractivity contribution >= 4 is 6.03 Å². The topological polar surface area (TPSA) is 45.2 Å². The monoisotopic (exact) mass is 323 g/mol. The number of amides is 2. The SMILES string of the molecule is O=C(NCc1cccnc1)N(CCc1ccccc1)C1CCCC1. The molecule has 1 fully saturated rings. The Bertz CT molecular complexity index is 624. The van der Waals surface area contributed by atoms with Crippen molar-refractivity contribution in [2.75, 3.05) is 6.54 Å². The zero-order chi connectivity index (χ0) is 16.6. The first kappa shape index (κ1) is 16.5. The third-order valence-corrected chi connectivity index (χ3v) is 4.68. The molecule has 0 unspecified atom stereocenters. The maximum Gasteiger partial charge on any atom is 0.317 e. The molecule has 0 atom stereocenters. The van der Waals surface area contributed by atoms with Crippen molar-refractivity contribution < 1.29 is 4.79 Å². The molecule has 24 heavy (non-hydrogen) atoms. The third kappa shape index (κ3) is 4.57. The molecule has 1 heterocycles. The van der Waals surface area contributed by atoms with Gasteiger partial charge in [-0.2, -0.15) is 0 Å². The zero-order valence-corrected chi connectivity index (χ0v) is 14.0. The first-order valence-electron chi connectivity index (χ1n) is 8.80. The van der Waals surface area contributed by atoms with Crippen molar-refractivity contribution in [3.05, 3.63) is 66.0 Å². The predicted octanol–water partition coefficient (Wildman–Crippen LogP) is 3.78. The minimum Gasteiger partial charge on any atom is -0.334 e. The molecule has 1 saturated carbocycles. The van der Waals surface area contributed by atoms with Gasteiger partial charge in [-0.1, -0.05) is 49.2 Å². The zero-order valence-electron chi connectivity index (χ0n) is 14.0. The fourth-order valence-electron chi connectivity index (χ4n) is 3.34. The van der Waals surface area contributed by atoms with E-state index in [1.807, 2.05) is 23.1 Å². The van der Waals surface area contributed by atoms with Crippen LogP contribution in [0.25, 0.3) is 0 Å². The van der Waals surface area contributed by atoms with E-state index in [2.05, 4.69) is 34.6 Å². The standard InChI is InChI=1S/C20H25N3O/c24-20(22-16-18-9-6-13-21-15-18)23(19-10-4-5-11-19)14-12-17-7-2-1-3-8-17/h1-3,6-9,13,15,19H,4-5,10-12,14,16H2,(H,22,24). The molecule has 0 bridgehead atoms. The van der Waals surface area contributed by atoms with Crippen LogP contribution in [0.3, 0.4) is 0 Å². The maximum atomic E-state index is 12.7. The summed E-state index contributed by atoms with van der Waals surface area (Å²) in [6, 6.07) is 14.7. The van der Waals surface area contributed by atoms with Crippen molar-refractivity contribution in [1.82, 2.24) is 15.2 Å². The smallest absolute Gasteiger partial charge is 0.317 e. The van der Waals surface area contributed by atoms with Crippen LogP contribution in [-0.2, 0) is 13.0 Å². The quantitative estimate of drug-likeness (QED) is 0.879. The molecular formula is C20H25N3O. The van der Waals surface area contributed by atoms with Gasteiger partial charge >= 0.3 is 6.03 Å². The number of nitrogens with one attached hydrogen (secondary N) is 1. The molecule has 2 amide bonds. The lowest BCUT2D eigenvalue weighted by Gasteiger charge is -2.29. The van der Waals surface area contributed by atoms with Gasteiger partial charge in [-0.05, 0) is 36.5 Å². The van der Waals surface area contributed by atoms with Crippen molar-refractivity contribution in [3.63, 3.8) is 0 Å². The summed E-state index contributed by atoms with van der Waals surface area (Å²) in [5.41, 5.74) is 2.31. The van der Waals surface area contributed by atoms with Gasteiger partial charge in [0.05, 0.1) is 0 Å². The molecule has 1 aromatic heterocycles. The first-order valence-corrected chi connectivity index (χ1v) is 8.80. The number of carbonyl (C=O) groups is 1. The lowest BCUT2D eigenvalue weighted by molar-refractivity contribution is 0.175. The van der Waals surface area contributed by atoms with Gasteiger partial charge in [0.1, 0.15) is 0 Å². The Morgan fingerprint density at radius 1 is 1.08 bits per heavy atom. The highest BCUT2D eigenvalue weighted by Crippen LogP contribution is 2.24. The number of benzene rings is 1. The van der Waals surface area contributed by atoms with Gasteiger partial charge in [0.2, 0.25) is 0 Å². The molecule has 4 heteroatoms. The van der Waals surface area contributed by atoms with Crippen LogP contribution in [0.15, 0.2) is 54.9 Å². The molecule has 1 aliphatic carbocycles. The van der Waals surface area contributed by atoms with Gasteiger partial charge in [0.25, 0.3) is 0 Å². The third-order valence-electron chi connectivity index (χ3n) is 4.68. The van der Waals surface area contributed by atoms with Crippen LogP contribution in [0.5, 0.6) is 0 Å². The minimum atomic E-state index is 0.0432. The van der Waals surface area contributed by atoms with Crippen molar-refractivity contribution in [2.24, 2.45) is 0 Å². The van der Waals surface area contributed by atoms with Crippen LogP contribution in [0, 0.1) is 0 Å². The molecular weight excluding hydrogens is 298 g/mol. The Labute approximate surface area is 143 Å². The van der Waals surface area contributed by atoms with E-state index >= 15 is 0 Å². The summed E-state index contributed by atoms with van der Waals surface area (Å²) in [6.07, 6.45) is 9.13. The normalized spacial score (nSPS) is 14.5. The molecule has 0 spiro atoms. The fraction of sp³-hybridized carbons (Fsp3) is 0.400. The van der Waals surface area contributed by atoms with Crippen molar-refractivity contribution in [3.8, 4) is 0 Å². The Morgan fingerprint density at radius 2 is 1.83 bits per heavy atom. The van der Waals surface area contributed by atoms with E-state index in [9.17, 15) is 4.79 Å². The van der Waals surface area contributed by atoms with Crippen LogP contribution in [0.2, 0.25) is 0 Å². The lowest BCUT2D eigenvalue weighted by atomic mass is 10.1. The Hall–Kier alpha value is -2.36. The highest BCUT2D eigenvalue weighted by molar-refractivity contribution is 5.74. The number of carbonyl (C=O) groups excluding carboxylic acids is 1. The van der Waals surface area contributed by atoms with Gasteiger partial charge in [-0.3, -0.25) is 4.98 Å². The summed E-state index contributed by atoms with van der Waals surface area (Å²) in [7, 11) is 0. The molecule has 2 aromatic rings. The molecule has 3 rings (SSSR count). The van der Waals surface area contributed by atoms with Gasteiger partial charge in [0, 0.05) is 31.5 Å². The second kappa shape index (κ2) is 8.48.